The Morgan fingerprint density at radius 3 is 1.52 bits per heavy atom. The quantitative estimate of drug-likeness (QED) is 0.132. The normalized spacial score (nSPS) is 13.3. The molecule has 0 saturated heterocycles. The predicted molar refractivity (Wildman–Crippen MR) is 226 cm³/mol. The first-order valence-corrected chi connectivity index (χ1v) is 18.8. The lowest BCUT2D eigenvalue weighted by Crippen LogP contribution is -2.27. The lowest BCUT2D eigenvalue weighted by atomic mass is 9.70. The molecular formula is C52H28N2O2. The van der Waals surface area contributed by atoms with Crippen molar-refractivity contribution in [2.75, 3.05) is 0 Å². The van der Waals surface area contributed by atoms with Crippen molar-refractivity contribution >= 4 is 37.8 Å². The van der Waals surface area contributed by atoms with E-state index in [0.29, 0.717) is 21.9 Å². The molecule has 0 saturated carbocycles. The first-order chi connectivity index (χ1) is 27.6. The van der Waals surface area contributed by atoms with E-state index in [0.717, 1.165) is 43.8 Å². The molecule has 0 radical (unpaired) electrons. The van der Waals surface area contributed by atoms with Crippen LogP contribution >= 0.6 is 0 Å². The Kier molecular flexibility index (Phi) is 6.04. The Morgan fingerprint density at radius 1 is 0.393 bits per heavy atom. The molecule has 0 N–H and O–H groups in total. The maximum absolute atomic E-state index is 14.4. The molecular weight excluding hydrogens is 685 g/mol. The summed E-state index contributed by atoms with van der Waals surface area (Å²) in [6.45, 7) is 0. The molecule has 0 bridgehead atoms. The van der Waals surface area contributed by atoms with E-state index in [1.807, 2.05) is 54.6 Å². The number of fused-ring (bicyclic) bond motifs is 14. The van der Waals surface area contributed by atoms with Crippen LogP contribution in [0.3, 0.4) is 0 Å². The van der Waals surface area contributed by atoms with Crippen LogP contribution in [-0.2, 0) is 5.41 Å². The summed E-state index contributed by atoms with van der Waals surface area (Å²) in [7, 11) is 0. The fourth-order valence-electron chi connectivity index (χ4n) is 10.1. The summed E-state index contributed by atoms with van der Waals surface area (Å²) in [5.41, 5.74) is 13.7. The monoisotopic (exact) mass is 712 g/mol. The van der Waals surface area contributed by atoms with E-state index < -0.39 is 5.41 Å². The van der Waals surface area contributed by atoms with Gasteiger partial charge in [0.25, 0.3) is 11.1 Å². The second kappa shape index (κ2) is 11.0. The maximum Gasteiger partial charge on any atom is 0.266 e. The Hall–Kier alpha value is -7.61. The minimum Gasteiger partial charge on any atom is -0.268 e. The van der Waals surface area contributed by atoms with Crippen LogP contribution in [-0.4, -0.2) is 4.40 Å². The average molecular weight is 713 g/mol. The van der Waals surface area contributed by atoms with Gasteiger partial charge in [-0.2, -0.15) is 5.26 Å². The summed E-state index contributed by atoms with van der Waals surface area (Å²) in [6.07, 6.45) is 0. The Morgan fingerprint density at radius 2 is 0.875 bits per heavy atom. The second-order valence-corrected chi connectivity index (χ2v) is 15.0. The summed E-state index contributed by atoms with van der Waals surface area (Å²) in [5, 5.41) is 14.1. The molecule has 0 atom stereocenters. The summed E-state index contributed by atoms with van der Waals surface area (Å²) in [5.74, 6) is 0. The van der Waals surface area contributed by atoms with Gasteiger partial charge in [0.05, 0.1) is 22.6 Å². The smallest absolute Gasteiger partial charge is 0.266 e. The van der Waals surface area contributed by atoms with Crippen LogP contribution in [0.4, 0.5) is 0 Å². The van der Waals surface area contributed by atoms with Gasteiger partial charge in [0, 0.05) is 21.5 Å². The fourth-order valence-corrected chi connectivity index (χ4v) is 10.1. The largest absolute Gasteiger partial charge is 0.268 e. The molecule has 0 amide bonds. The molecule has 0 aliphatic heterocycles. The highest BCUT2D eigenvalue weighted by atomic mass is 16.2. The van der Waals surface area contributed by atoms with Gasteiger partial charge in [-0.1, -0.05) is 127 Å². The van der Waals surface area contributed by atoms with Gasteiger partial charge in [0.2, 0.25) is 0 Å². The number of nitrogens with zero attached hydrogens (tertiary/aromatic N) is 2. The highest BCUT2D eigenvalue weighted by Gasteiger charge is 2.51. The number of nitriles is 1. The molecule has 2 aromatic heterocycles. The molecule has 10 aromatic rings. The third-order valence-electron chi connectivity index (χ3n) is 12.4. The van der Waals surface area contributed by atoms with Crippen molar-refractivity contribution in [1.82, 2.24) is 4.40 Å². The van der Waals surface area contributed by atoms with Crippen LogP contribution in [0.5, 0.6) is 0 Å². The molecule has 2 heterocycles. The van der Waals surface area contributed by atoms with E-state index >= 15 is 0 Å². The third kappa shape index (κ3) is 3.76. The topological polar surface area (TPSA) is 62.3 Å². The summed E-state index contributed by atoms with van der Waals surface area (Å²) < 4.78 is 1.36. The zero-order valence-corrected chi connectivity index (χ0v) is 29.9. The van der Waals surface area contributed by atoms with Crippen LogP contribution in [0.15, 0.2) is 179 Å². The van der Waals surface area contributed by atoms with Crippen molar-refractivity contribution in [3.63, 3.8) is 0 Å². The van der Waals surface area contributed by atoms with Gasteiger partial charge < -0.3 is 0 Å². The minimum absolute atomic E-state index is 0.326. The van der Waals surface area contributed by atoms with Gasteiger partial charge in [-0.3, -0.25) is 9.59 Å². The summed E-state index contributed by atoms with van der Waals surface area (Å²) in [6, 6.07) is 60.7. The van der Waals surface area contributed by atoms with Crippen molar-refractivity contribution in [2.45, 2.75) is 5.41 Å². The second-order valence-electron chi connectivity index (χ2n) is 15.0. The van der Waals surface area contributed by atoms with Gasteiger partial charge >= 0.3 is 0 Å². The molecule has 1 spiro atoms. The molecule has 8 aromatic carbocycles. The zero-order valence-electron chi connectivity index (χ0n) is 29.9. The van der Waals surface area contributed by atoms with Gasteiger partial charge in [-0.25, -0.2) is 4.40 Å². The van der Waals surface area contributed by atoms with E-state index in [1.165, 1.54) is 48.9 Å². The van der Waals surface area contributed by atoms with Crippen LogP contribution in [0.2, 0.25) is 0 Å². The van der Waals surface area contributed by atoms with Gasteiger partial charge in [-0.15, -0.1) is 0 Å². The van der Waals surface area contributed by atoms with E-state index in [-0.39, 0.29) is 11.1 Å². The standard InChI is InChI=1S/C52H28N2O2/c53-29-32-11-1-2-12-34(32)31-22-24-41-42(25-31)44-27-33(26-43-35-13-3-4-17-40(35)50(55)54(49(43)44)51(41)56)30-21-23-39-38-16-7-10-20-47(38)52(48(39)28-30)45-18-8-5-14-36(45)37-15-6-9-19-46(37)52/h1-28H. The minimum atomic E-state index is -0.491. The maximum atomic E-state index is 14.4. The third-order valence-corrected chi connectivity index (χ3v) is 12.4. The molecule has 12 rings (SSSR count). The highest BCUT2D eigenvalue weighted by Crippen LogP contribution is 2.63. The Labute approximate surface area is 320 Å². The van der Waals surface area contributed by atoms with Crippen molar-refractivity contribution in [2.24, 2.45) is 0 Å². The number of aromatic nitrogens is 1. The molecule has 0 fully saturated rings. The number of pyridine rings is 2. The molecule has 4 nitrogen and oxygen atoms in total. The molecule has 0 unspecified atom stereocenters. The predicted octanol–water partition coefficient (Wildman–Crippen LogP) is 11.1. The Balaban J connectivity index is 1.20. The molecule has 4 heteroatoms. The zero-order chi connectivity index (χ0) is 37.3. The Bertz CT molecular complexity index is 3490. The van der Waals surface area contributed by atoms with Crippen LogP contribution in [0.25, 0.3) is 82.3 Å². The summed E-state index contributed by atoms with van der Waals surface area (Å²) >= 11 is 0. The van der Waals surface area contributed by atoms with E-state index in [4.69, 9.17) is 0 Å². The lowest BCUT2D eigenvalue weighted by molar-refractivity contribution is 0.794. The van der Waals surface area contributed by atoms with Gasteiger partial charge in [0.15, 0.2) is 0 Å². The molecule has 2 aliphatic rings. The molecule has 258 valence electrons. The van der Waals surface area contributed by atoms with Gasteiger partial charge in [-0.05, 0) is 120 Å². The number of benzene rings is 8. The van der Waals surface area contributed by atoms with E-state index in [2.05, 4.69) is 109 Å². The van der Waals surface area contributed by atoms with Crippen LogP contribution in [0, 0.1) is 11.3 Å². The molecule has 56 heavy (non-hydrogen) atoms. The van der Waals surface area contributed by atoms with Crippen molar-refractivity contribution in [3.8, 4) is 50.6 Å². The number of hydrogen-bond donors (Lipinski definition) is 0. The van der Waals surface area contributed by atoms with Crippen molar-refractivity contribution in [1.29, 1.82) is 5.26 Å². The van der Waals surface area contributed by atoms with E-state index in [1.54, 1.807) is 12.1 Å². The average Bonchev–Trinajstić information content (AvgIpc) is 3.73. The van der Waals surface area contributed by atoms with Crippen LogP contribution in [0.1, 0.15) is 27.8 Å². The SMILES string of the molecule is N#Cc1ccccc1-c1ccc2c(=O)n3c(=O)c4ccccc4c4cc(-c5ccc6c(c5)C5(c7ccccc7-c7ccccc75)c5ccccc5-6)cc(c2c1)c43. The van der Waals surface area contributed by atoms with Crippen molar-refractivity contribution in [3.05, 3.63) is 218 Å². The van der Waals surface area contributed by atoms with Crippen LogP contribution < -0.4 is 11.1 Å². The lowest BCUT2D eigenvalue weighted by Gasteiger charge is -2.30. The number of rotatable bonds is 2. The fraction of sp³-hybridized carbons (Fsp3) is 0.0192. The number of hydrogen-bond acceptors (Lipinski definition) is 3. The first kappa shape index (κ1) is 30.8. The highest BCUT2D eigenvalue weighted by molar-refractivity contribution is 6.20. The van der Waals surface area contributed by atoms with E-state index in [9.17, 15) is 14.9 Å². The molecule has 2 aliphatic carbocycles. The summed E-state index contributed by atoms with van der Waals surface area (Å²) in [4.78, 5) is 28.6. The first-order valence-electron chi connectivity index (χ1n) is 18.8. The van der Waals surface area contributed by atoms with Crippen molar-refractivity contribution < 1.29 is 0 Å². The van der Waals surface area contributed by atoms with Gasteiger partial charge in [0.1, 0.15) is 0 Å².